The Morgan fingerprint density at radius 1 is 0.493 bits per heavy atom. The van der Waals surface area contributed by atoms with E-state index in [0.717, 1.165) is 116 Å². The van der Waals surface area contributed by atoms with Crippen molar-refractivity contribution in [2.75, 3.05) is 13.2 Å². The van der Waals surface area contributed by atoms with Gasteiger partial charge in [-0.05, 0) is 89.9 Å². The van der Waals surface area contributed by atoms with Gasteiger partial charge in [0.1, 0.15) is 24.4 Å². The molecule has 0 aromatic rings. The van der Waals surface area contributed by atoms with Crippen LogP contribution in [0.25, 0.3) is 0 Å². The predicted molar refractivity (Wildman–Crippen MR) is 299 cm³/mol. The van der Waals surface area contributed by atoms with E-state index in [1.807, 2.05) is 0 Å². The Morgan fingerprint density at radius 3 is 1.30 bits per heavy atom. The monoisotopic (exact) mass is 990 g/mol. The molecule has 1 amide bonds. The van der Waals surface area contributed by atoms with Gasteiger partial charge >= 0.3 is 0 Å². The van der Waals surface area contributed by atoms with Gasteiger partial charge in [-0.2, -0.15) is 0 Å². The normalized spacial score (nSPS) is 20.2. The van der Waals surface area contributed by atoms with Gasteiger partial charge in [0.25, 0.3) is 0 Å². The van der Waals surface area contributed by atoms with E-state index in [-0.39, 0.29) is 12.5 Å². The summed E-state index contributed by atoms with van der Waals surface area (Å²) in [6.45, 7) is 3.69. The van der Waals surface area contributed by atoms with Crippen LogP contribution in [0.15, 0.2) is 122 Å². The summed E-state index contributed by atoms with van der Waals surface area (Å²) in [5.74, 6) is -0.174. The van der Waals surface area contributed by atoms with E-state index in [9.17, 15) is 30.3 Å². The first kappa shape index (κ1) is 65.6. The highest BCUT2D eigenvalue weighted by atomic mass is 16.7. The third kappa shape index (κ3) is 39.8. The van der Waals surface area contributed by atoms with Gasteiger partial charge in [-0.15, -0.1) is 0 Å². The lowest BCUT2D eigenvalue weighted by Gasteiger charge is -2.40. The van der Waals surface area contributed by atoms with Gasteiger partial charge in [0, 0.05) is 6.42 Å². The number of carbonyl (C=O) groups is 1. The first-order chi connectivity index (χ1) is 34.8. The number of aliphatic hydroxyl groups excluding tert-OH is 5. The maximum Gasteiger partial charge on any atom is 0.220 e. The second-order valence-electron chi connectivity index (χ2n) is 19.0. The van der Waals surface area contributed by atoms with E-state index in [2.05, 4.69) is 141 Å². The second kappa shape index (κ2) is 50.1. The fraction of sp³-hybridized carbons (Fsp3) is 0.661. The molecule has 1 saturated heterocycles. The summed E-state index contributed by atoms with van der Waals surface area (Å²) in [4.78, 5) is 13.0. The molecule has 1 heterocycles. The molecule has 1 aliphatic heterocycles. The molecule has 0 saturated carbocycles. The zero-order valence-corrected chi connectivity index (χ0v) is 44.7. The summed E-state index contributed by atoms with van der Waals surface area (Å²) in [6.07, 6.45) is 67.9. The Bertz CT molecular complexity index is 1520. The van der Waals surface area contributed by atoms with Crippen LogP contribution < -0.4 is 5.32 Å². The molecule has 6 N–H and O–H groups in total. The topological polar surface area (TPSA) is 149 Å². The van der Waals surface area contributed by atoms with Gasteiger partial charge in [-0.3, -0.25) is 4.79 Å². The lowest BCUT2D eigenvalue weighted by atomic mass is 9.99. The highest BCUT2D eigenvalue weighted by Crippen LogP contribution is 2.23. The summed E-state index contributed by atoms with van der Waals surface area (Å²) in [7, 11) is 0. The largest absolute Gasteiger partial charge is 0.394 e. The number of amides is 1. The van der Waals surface area contributed by atoms with Crippen molar-refractivity contribution in [1.29, 1.82) is 0 Å². The molecule has 0 bridgehead atoms. The Morgan fingerprint density at radius 2 is 0.873 bits per heavy atom. The maximum absolute atomic E-state index is 13.0. The van der Waals surface area contributed by atoms with Crippen LogP contribution in [0.2, 0.25) is 0 Å². The second-order valence-corrected chi connectivity index (χ2v) is 19.0. The summed E-state index contributed by atoms with van der Waals surface area (Å²) >= 11 is 0. The molecule has 404 valence electrons. The van der Waals surface area contributed by atoms with E-state index in [0.29, 0.717) is 12.8 Å². The van der Waals surface area contributed by atoms with Crippen molar-refractivity contribution in [3.05, 3.63) is 122 Å². The molecule has 7 unspecified atom stereocenters. The SMILES string of the molecule is CC/C=C\C/C=C\C/C=C\C/C=C\C/C=C\C/C=C\C/C=C\C/C=C\C/C=C\C/C=C\CCCCCCC(=O)NC(COC1OC(CO)C(O)C(O)C1O)C(O)CCCCCCCCCCCCCCC. The smallest absolute Gasteiger partial charge is 0.220 e. The van der Waals surface area contributed by atoms with Crippen molar-refractivity contribution in [1.82, 2.24) is 5.32 Å². The summed E-state index contributed by atoms with van der Waals surface area (Å²) in [5.41, 5.74) is 0. The Balaban J connectivity index is 2.22. The quantitative estimate of drug-likeness (QED) is 0.0261. The molecular formula is C62H103NO8. The average Bonchev–Trinajstić information content (AvgIpc) is 3.37. The van der Waals surface area contributed by atoms with Crippen LogP contribution in [-0.4, -0.2) is 87.5 Å². The number of rotatable bonds is 46. The van der Waals surface area contributed by atoms with E-state index in [1.54, 1.807) is 0 Å². The van der Waals surface area contributed by atoms with Gasteiger partial charge in [0.2, 0.25) is 5.91 Å². The molecular weight excluding hydrogens is 887 g/mol. The Kier molecular flexibility index (Phi) is 46.3. The first-order valence-electron chi connectivity index (χ1n) is 28.2. The average molecular weight is 991 g/mol. The number of hydrogen-bond donors (Lipinski definition) is 6. The standard InChI is InChI=1S/C62H103NO8/c1-3-5-7-9-11-13-15-17-18-19-20-21-22-23-24-25-26-27-28-29-30-31-32-33-34-35-36-37-38-40-42-44-46-48-50-52-58(66)63-55(54-70-62-61(69)60(68)59(67)57(53-64)71-62)56(65)51-49-47-45-43-41-39-16-14-12-10-8-6-4-2/h5,7,11,13,17-18,20-21,23-24,26-27,29-30,32-33,35-36,38,40,55-57,59-62,64-65,67-69H,3-4,6,8-10,12,14-16,19,22,25,28,31,34,37,39,41-54H2,1-2H3,(H,63,66)/b7-5-,13-11-,18-17-,21-20-,24-23-,27-26-,30-29-,33-32-,36-35-,40-38-. The Labute approximate surface area is 433 Å². The van der Waals surface area contributed by atoms with Gasteiger partial charge in [0.05, 0.1) is 25.4 Å². The number of carbonyl (C=O) groups excluding carboxylic acids is 1. The molecule has 0 radical (unpaired) electrons. The van der Waals surface area contributed by atoms with Crippen molar-refractivity contribution in [2.24, 2.45) is 0 Å². The summed E-state index contributed by atoms with van der Waals surface area (Å²) in [5, 5.41) is 54.5. The van der Waals surface area contributed by atoms with Crippen LogP contribution in [0.5, 0.6) is 0 Å². The molecule has 1 fully saturated rings. The van der Waals surface area contributed by atoms with Crippen molar-refractivity contribution in [2.45, 2.75) is 249 Å². The van der Waals surface area contributed by atoms with E-state index >= 15 is 0 Å². The number of unbranched alkanes of at least 4 members (excludes halogenated alkanes) is 16. The molecule has 0 spiro atoms. The molecule has 9 nitrogen and oxygen atoms in total. The third-order valence-corrected chi connectivity index (χ3v) is 12.6. The van der Waals surface area contributed by atoms with Crippen molar-refractivity contribution < 1.29 is 39.8 Å². The van der Waals surface area contributed by atoms with Gasteiger partial charge in [-0.25, -0.2) is 0 Å². The van der Waals surface area contributed by atoms with Crippen LogP contribution in [0.4, 0.5) is 0 Å². The molecule has 0 aromatic carbocycles. The van der Waals surface area contributed by atoms with Crippen LogP contribution in [0.3, 0.4) is 0 Å². The highest BCUT2D eigenvalue weighted by Gasteiger charge is 2.44. The highest BCUT2D eigenvalue weighted by molar-refractivity contribution is 5.76. The van der Waals surface area contributed by atoms with Crippen LogP contribution in [0, 0.1) is 0 Å². The van der Waals surface area contributed by atoms with Crippen LogP contribution in [0.1, 0.15) is 206 Å². The lowest BCUT2D eigenvalue weighted by Crippen LogP contribution is -2.60. The molecule has 1 aliphatic rings. The summed E-state index contributed by atoms with van der Waals surface area (Å²) < 4.78 is 11.3. The maximum atomic E-state index is 13.0. The number of hydrogen-bond acceptors (Lipinski definition) is 8. The zero-order valence-electron chi connectivity index (χ0n) is 44.7. The van der Waals surface area contributed by atoms with Crippen LogP contribution in [-0.2, 0) is 14.3 Å². The summed E-state index contributed by atoms with van der Waals surface area (Å²) in [6, 6.07) is -0.741. The predicted octanol–water partition coefficient (Wildman–Crippen LogP) is 14.0. The fourth-order valence-electron chi connectivity index (χ4n) is 8.13. The zero-order chi connectivity index (χ0) is 51.5. The number of nitrogens with one attached hydrogen (secondary N) is 1. The number of aliphatic hydroxyl groups is 5. The fourth-order valence-corrected chi connectivity index (χ4v) is 8.13. The molecule has 71 heavy (non-hydrogen) atoms. The van der Waals surface area contributed by atoms with Crippen molar-refractivity contribution in [3.63, 3.8) is 0 Å². The van der Waals surface area contributed by atoms with Crippen molar-refractivity contribution >= 4 is 5.91 Å². The Hall–Kier alpha value is -3.41. The molecule has 0 aromatic heterocycles. The molecule has 7 atom stereocenters. The van der Waals surface area contributed by atoms with Gasteiger partial charge < -0.3 is 40.3 Å². The first-order valence-corrected chi connectivity index (χ1v) is 28.2. The van der Waals surface area contributed by atoms with E-state index in [1.165, 1.54) is 64.2 Å². The lowest BCUT2D eigenvalue weighted by molar-refractivity contribution is -0.302. The molecule has 9 heteroatoms. The molecule has 0 aliphatic carbocycles. The minimum atomic E-state index is -1.57. The van der Waals surface area contributed by atoms with Gasteiger partial charge in [-0.1, -0.05) is 232 Å². The minimum absolute atomic E-state index is 0.156. The van der Waals surface area contributed by atoms with E-state index in [4.69, 9.17) is 9.47 Å². The van der Waals surface area contributed by atoms with Gasteiger partial charge in [0.15, 0.2) is 6.29 Å². The van der Waals surface area contributed by atoms with Crippen LogP contribution >= 0.6 is 0 Å². The van der Waals surface area contributed by atoms with E-state index < -0.39 is 49.5 Å². The molecule has 1 rings (SSSR count). The number of allylic oxidation sites excluding steroid dienone is 20. The van der Waals surface area contributed by atoms with Crippen molar-refractivity contribution in [3.8, 4) is 0 Å². The number of ether oxygens (including phenoxy) is 2. The third-order valence-electron chi connectivity index (χ3n) is 12.6. The minimum Gasteiger partial charge on any atom is -0.394 e.